The highest BCUT2D eigenvalue weighted by Crippen LogP contribution is 2.38. The second-order valence-electron chi connectivity index (χ2n) is 8.46. The fourth-order valence-corrected chi connectivity index (χ4v) is 5.42. The van der Waals surface area contributed by atoms with Crippen LogP contribution in [-0.2, 0) is 6.42 Å². The summed E-state index contributed by atoms with van der Waals surface area (Å²) in [6, 6.07) is 24.7. The molecule has 0 fully saturated rings. The number of thiophene rings is 1. The lowest BCUT2D eigenvalue weighted by Crippen LogP contribution is -2.00. The van der Waals surface area contributed by atoms with Crippen molar-refractivity contribution in [3.05, 3.63) is 102 Å². The average Bonchev–Trinajstić information content (AvgIpc) is 3.33. The second-order valence-corrected chi connectivity index (χ2v) is 9.37. The van der Waals surface area contributed by atoms with Crippen molar-refractivity contribution in [1.29, 1.82) is 0 Å². The molecule has 6 rings (SSSR count). The third kappa shape index (κ3) is 3.94. The minimum atomic E-state index is 0.693. The van der Waals surface area contributed by atoms with Crippen LogP contribution in [0.25, 0.3) is 43.5 Å². The minimum absolute atomic E-state index is 0.693. The Kier molecular flexibility index (Phi) is 5.47. The number of ether oxygens (including phenoxy) is 1. The first kappa shape index (κ1) is 21.4. The van der Waals surface area contributed by atoms with Crippen LogP contribution in [0, 0.1) is 6.92 Å². The van der Waals surface area contributed by atoms with Crippen molar-refractivity contribution in [2.24, 2.45) is 0 Å². The molecule has 0 radical (unpaired) electrons. The number of pyridine rings is 3. The van der Waals surface area contributed by atoms with E-state index in [0.717, 1.165) is 51.3 Å². The van der Waals surface area contributed by atoms with Gasteiger partial charge in [-0.1, -0.05) is 37.3 Å². The molecule has 4 nitrogen and oxygen atoms in total. The first-order valence-electron chi connectivity index (χ1n) is 11.7. The molecule has 0 saturated carbocycles. The number of nitrogens with zero attached hydrogens (tertiary/aromatic N) is 3. The fraction of sp³-hybridized carbons (Fsp3) is 0.100. The number of hydrogen-bond acceptors (Lipinski definition) is 5. The predicted molar refractivity (Wildman–Crippen MR) is 144 cm³/mol. The van der Waals surface area contributed by atoms with Crippen molar-refractivity contribution in [2.45, 2.75) is 20.3 Å². The standard InChI is InChI=1S/C30H23N3OS/c1-3-24-19(2)16-28(30(33-24)25-9-6-7-14-31-25)34-27-13-15-32-26-17-20(11-12-22(26)27)23-18-35-29-10-5-4-8-21(23)29/h4-18H,3H2,1-2H3. The van der Waals surface area contributed by atoms with Crippen molar-refractivity contribution in [1.82, 2.24) is 15.0 Å². The summed E-state index contributed by atoms with van der Waals surface area (Å²) < 4.78 is 7.80. The van der Waals surface area contributed by atoms with Gasteiger partial charge in [-0.15, -0.1) is 11.3 Å². The van der Waals surface area contributed by atoms with Gasteiger partial charge in [0.15, 0.2) is 5.75 Å². The lowest BCUT2D eigenvalue weighted by molar-refractivity contribution is 0.486. The van der Waals surface area contributed by atoms with Crippen LogP contribution in [-0.4, -0.2) is 15.0 Å². The topological polar surface area (TPSA) is 47.9 Å². The Balaban J connectivity index is 1.44. The normalized spacial score (nSPS) is 11.3. The highest BCUT2D eigenvalue weighted by atomic mass is 32.1. The molecule has 5 heteroatoms. The number of aryl methyl sites for hydroxylation is 2. The molecule has 0 amide bonds. The van der Waals surface area contributed by atoms with E-state index in [9.17, 15) is 0 Å². The van der Waals surface area contributed by atoms with Gasteiger partial charge in [-0.3, -0.25) is 9.97 Å². The fourth-order valence-electron chi connectivity index (χ4n) is 4.45. The van der Waals surface area contributed by atoms with Crippen LogP contribution in [0.15, 0.2) is 90.6 Å². The molecule has 170 valence electrons. The Labute approximate surface area is 207 Å². The highest BCUT2D eigenvalue weighted by Gasteiger charge is 2.16. The van der Waals surface area contributed by atoms with Gasteiger partial charge in [-0.05, 0) is 72.3 Å². The van der Waals surface area contributed by atoms with Crippen LogP contribution in [0.3, 0.4) is 0 Å². The van der Waals surface area contributed by atoms with E-state index in [-0.39, 0.29) is 0 Å². The SMILES string of the molecule is CCc1nc(-c2ccccn2)c(Oc2ccnc3cc(-c4csc5ccccc45)ccc23)cc1C. The Hall–Kier alpha value is -4.09. The number of aromatic nitrogens is 3. The minimum Gasteiger partial charge on any atom is -0.454 e. The van der Waals surface area contributed by atoms with Crippen molar-refractivity contribution in [2.75, 3.05) is 0 Å². The summed E-state index contributed by atoms with van der Waals surface area (Å²) in [7, 11) is 0. The van der Waals surface area contributed by atoms with Crippen molar-refractivity contribution in [3.63, 3.8) is 0 Å². The summed E-state index contributed by atoms with van der Waals surface area (Å²) in [5.41, 5.74) is 6.97. The van der Waals surface area contributed by atoms with Gasteiger partial charge < -0.3 is 4.74 Å². The summed E-state index contributed by atoms with van der Waals surface area (Å²) in [5, 5.41) is 4.44. The monoisotopic (exact) mass is 473 g/mol. The Morgan fingerprint density at radius 1 is 0.829 bits per heavy atom. The molecule has 0 unspecified atom stereocenters. The largest absolute Gasteiger partial charge is 0.454 e. The highest BCUT2D eigenvalue weighted by molar-refractivity contribution is 7.17. The van der Waals surface area contributed by atoms with Gasteiger partial charge in [-0.2, -0.15) is 0 Å². The predicted octanol–water partition coefficient (Wildman–Crippen LogP) is 8.24. The van der Waals surface area contributed by atoms with E-state index in [2.05, 4.69) is 77.7 Å². The molecular formula is C30H23N3OS. The van der Waals surface area contributed by atoms with Gasteiger partial charge in [0.2, 0.25) is 0 Å². The summed E-state index contributed by atoms with van der Waals surface area (Å²) in [5.74, 6) is 1.44. The molecule has 0 saturated heterocycles. The maximum absolute atomic E-state index is 6.52. The molecule has 2 aromatic carbocycles. The molecule has 0 N–H and O–H groups in total. The van der Waals surface area contributed by atoms with Gasteiger partial charge in [0.25, 0.3) is 0 Å². The first-order chi connectivity index (χ1) is 17.2. The van der Waals surface area contributed by atoms with Crippen molar-refractivity contribution in [3.8, 4) is 34.0 Å². The lowest BCUT2D eigenvalue weighted by atomic mass is 10.0. The molecule has 0 aliphatic heterocycles. The zero-order valence-electron chi connectivity index (χ0n) is 19.5. The number of rotatable bonds is 5. The van der Waals surface area contributed by atoms with E-state index < -0.39 is 0 Å². The third-order valence-electron chi connectivity index (χ3n) is 6.24. The quantitative estimate of drug-likeness (QED) is 0.253. The molecule has 6 aromatic rings. The van der Waals surface area contributed by atoms with Gasteiger partial charge in [0.05, 0.1) is 11.2 Å². The van der Waals surface area contributed by atoms with Crippen LogP contribution in [0.1, 0.15) is 18.2 Å². The molecule has 0 atom stereocenters. The maximum atomic E-state index is 6.52. The number of fused-ring (bicyclic) bond motifs is 2. The first-order valence-corrected chi connectivity index (χ1v) is 12.5. The van der Waals surface area contributed by atoms with Gasteiger partial charge in [0, 0.05) is 39.1 Å². The Bertz CT molecular complexity index is 1670. The van der Waals surface area contributed by atoms with Crippen LogP contribution < -0.4 is 4.74 Å². The maximum Gasteiger partial charge on any atom is 0.155 e. The Morgan fingerprint density at radius 3 is 2.57 bits per heavy atom. The van der Waals surface area contributed by atoms with Crippen molar-refractivity contribution < 1.29 is 4.74 Å². The van der Waals surface area contributed by atoms with E-state index in [1.54, 1.807) is 23.7 Å². The molecule has 0 aliphatic carbocycles. The molecule has 0 aliphatic rings. The van der Waals surface area contributed by atoms with Crippen LogP contribution in [0.2, 0.25) is 0 Å². The van der Waals surface area contributed by atoms with Gasteiger partial charge in [0.1, 0.15) is 11.4 Å². The molecule has 0 bridgehead atoms. The molecule has 4 heterocycles. The van der Waals surface area contributed by atoms with Crippen LogP contribution >= 0.6 is 11.3 Å². The van der Waals surface area contributed by atoms with Crippen molar-refractivity contribution >= 4 is 32.3 Å². The molecule has 35 heavy (non-hydrogen) atoms. The van der Waals surface area contributed by atoms with Gasteiger partial charge >= 0.3 is 0 Å². The van der Waals surface area contributed by atoms with E-state index >= 15 is 0 Å². The van der Waals surface area contributed by atoms with E-state index in [1.807, 2.05) is 24.3 Å². The summed E-state index contributed by atoms with van der Waals surface area (Å²) in [6.45, 7) is 4.19. The molecular weight excluding hydrogens is 450 g/mol. The average molecular weight is 474 g/mol. The van der Waals surface area contributed by atoms with Crippen LogP contribution in [0.5, 0.6) is 11.5 Å². The van der Waals surface area contributed by atoms with Gasteiger partial charge in [-0.25, -0.2) is 4.98 Å². The molecule has 4 aromatic heterocycles. The number of hydrogen-bond donors (Lipinski definition) is 0. The van der Waals surface area contributed by atoms with E-state index in [0.29, 0.717) is 5.75 Å². The number of benzene rings is 2. The third-order valence-corrected chi connectivity index (χ3v) is 7.20. The summed E-state index contributed by atoms with van der Waals surface area (Å²) >= 11 is 1.76. The smallest absolute Gasteiger partial charge is 0.155 e. The van der Waals surface area contributed by atoms with E-state index in [4.69, 9.17) is 9.72 Å². The summed E-state index contributed by atoms with van der Waals surface area (Å²) in [4.78, 5) is 14.1. The molecule has 0 spiro atoms. The zero-order chi connectivity index (χ0) is 23.8. The second kappa shape index (κ2) is 8.93. The van der Waals surface area contributed by atoms with E-state index in [1.165, 1.54) is 15.6 Å². The van der Waals surface area contributed by atoms with Crippen LogP contribution in [0.4, 0.5) is 0 Å². The zero-order valence-corrected chi connectivity index (χ0v) is 20.3. The summed E-state index contributed by atoms with van der Waals surface area (Å²) in [6.07, 6.45) is 4.43. The lowest BCUT2D eigenvalue weighted by Gasteiger charge is -2.15. The Morgan fingerprint density at radius 2 is 1.71 bits per heavy atom.